The number of hydrogen-bond donors (Lipinski definition) is 2. The fourth-order valence-electron chi connectivity index (χ4n) is 3.24. The molecule has 0 aliphatic heterocycles. The largest absolute Gasteiger partial charge is 0.352 e. The van der Waals surface area contributed by atoms with Gasteiger partial charge >= 0.3 is 0 Å². The molecule has 2 aliphatic rings. The topological polar surface area (TPSA) is 41.1 Å². The molecule has 2 fully saturated rings. The summed E-state index contributed by atoms with van der Waals surface area (Å²) in [5.41, 5.74) is 1.38. The zero-order valence-corrected chi connectivity index (χ0v) is 12.1. The van der Waals surface area contributed by atoms with E-state index < -0.39 is 0 Å². The molecule has 1 aromatic rings. The third-order valence-electron chi connectivity index (χ3n) is 4.58. The maximum absolute atomic E-state index is 12.1. The number of carbonyl (C=O) groups excluding carboxylic acids is 1. The number of carbonyl (C=O) groups is 1. The summed E-state index contributed by atoms with van der Waals surface area (Å²) in [6.07, 6.45) is 5.95. The first-order valence-corrected chi connectivity index (χ1v) is 7.85. The van der Waals surface area contributed by atoms with Crippen molar-refractivity contribution in [1.82, 2.24) is 10.6 Å². The molecule has 20 heavy (non-hydrogen) atoms. The number of rotatable bonds is 5. The fourth-order valence-corrected chi connectivity index (χ4v) is 3.24. The second-order valence-electron chi connectivity index (χ2n) is 6.24. The van der Waals surface area contributed by atoms with Crippen LogP contribution in [0.4, 0.5) is 0 Å². The molecule has 1 aromatic carbocycles. The molecule has 3 nitrogen and oxygen atoms in total. The summed E-state index contributed by atoms with van der Waals surface area (Å²) >= 11 is 0. The van der Waals surface area contributed by atoms with Crippen LogP contribution in [-0.2, 0) is 4.79 Å². The van der Waals surface area contributed by atoms with E-state index in [4.69, 9.17) is 0 Å². The summed E-state index contributed by atoms with van der Waals surface area (Å²) in [6.45, 7) is 1.98. The first-order chi connectivity index (χ1) is 9.74. The zero-order valence-electron chi connectivity index (χ0n) is 12.1. The minimum absolute atomic E-state index is 0.0886. The number of amides is 1. The highest BCUT2D eigenvalue weighted by atomic mass is 16.2. The lowest BCUT2D eigenvalue weighted by molar-refractivity contribution is -0.123. The molecule has 0 bridgehead atoms. The summed E-state index contributed by atoms with van der Waals surface area (Å²) in [5, 5.41) is 6.63. The molecule has 3 atom stereocenters. The molecule has 3 heteroatoms. The standard InChI is InChI=1S/C17H24N2O/c1-12(17(20)19-14-9-5-6-10-14)18-16-11-15(16)13-7-3-2-4-8-13/h2-4,7-8,12,14-16,18H,5-6,9-11H2,1H3,(H,19,20). The Labute approximate surface area is 121 Å². The van der Waals surface area contributed by atoms with Gasteiger partial charge in [-0.25, -0.2) is 0 Å². The zero-order chi connectivity index (χ0) is 13.9. The van der Waals surface area contributed by atoms with E-state index in [9.17, 15) is 4.79 Å². The highest BCUT2D eigenvalue weighted by molar-refractivity contribution is 5.81. The minimum atomic E-state index is -0.0886. The second kappa shape index (κ2) is 5.96. The monoisotopic (exact) mass is 272 g/mol. The van der Waals surface area contributed by atoms with Crippen LogP contribution in [0.5, 0.6) is 0 Å². The molecule has 0 saturated heterocycles. The molecule has 2 N–H and O–H groups in total. The Balaban J connectivity index is 1.45. The average molecular weight is 272 g/mol. The molecule has 0 aromatic heterocycles. The Morgan fingerprint density at radius 1 is 1.20 bits per heavy atom. The fraction of sp³-hybridized carbons (Fsp3) is 0.588. The molecule has 3 rings (SSSR count). The van der Waals surface area contributed by atoms with Crippen LogP contribution >= 0.6 is 0 Å². The minimum Gasteiger partial charge on any atom is -0.352 e. The van der Waals surface area contributed by atoms with Crippen LogP contribution < -0.4 is 10.6 Å². The van der Waals surface area contributed by atoms with E-state index in [1.807, 2.05) is 13.0 Å². The quantitative estimate of drug-likeness (QED) is 0.865. The number of nitrogens with one attached hydrogen (secondary N) is 2. The highest BCUT2D eigenvalue weighted by Gasteiger charge is 2.39. The predicted molar refractivity (Wildman–Crippen MR) is 80.6 cm³/mol. The van der Waals surface area contributed by atoms with Gasteiger partial charge < -0.3 is 10.6 Å². The van der Waals surface area contributed by atoms with Crippen LogP contribution in [0.1, 0.15) is 50.5 Å². The van der Waals surface area contributed by atoms with E-state index in [-0.39, 0.29) is 11.9 Å². The van der Waals surface area contributed by atoms with Crippen LogP contribution in [-0.4, -0.2) is 24.0 Å². The van der Waals surface area contributed by atoms with Crippen molar-refractivity contribution in [3.05, 3.63) is 35.9 Å². The Hall–Kier alpha value is -1.35. The molecule has 0 heterocycles. The van der Waals surface area contributed by atoms with Crippen LogP contribution in [0, 0.1) is 0 Å². The van der Waals surface area contributed by atoms with Crippen molar-refractivity contribution >= 4 is 5.91 Å². The molecule has 1 amide bonds. The smallest absolute Gasteiger partial charge is 0.237 e. The van der Waals surface area contributed by atoms with Gasteiger partial charge in [-0.2, -0.15) is 0 Å². The maximum Gasteiger partial charge on any atom is 0.237 e. The van der Waals surface area contributed by atoms with E-state index in [1.54, 1.807) is 0 Å². The Bertz CT molecular complexity index is 453. The van der Waals surface area contributed by atoms with E-state index in [0.29, 0.717) is 18.0 Å². The Kier molecular flexibility index (Phi) is 4.06. The van der Waals surface area contributed by atoms with Crippen molar-refractivity contribution in [2.24, 2.45) is 0 Å². The lowest BCUT2D eigenvalue weighted by atomic mass is 10.1. The molecule has 2 aliphatic carbocycles. The van der Waals surface area contributed by atoms with Crippen LogP contribution in [0.2, 0.25) is 0 Å². The first kappa shape index (κ1) is 13.6. The van der Waals surface area contributed by atoms with Gasteiger partial charge in [0.1, 0.15) is 0 Å². The normalized spacial score (nSPS) is 27.2. The van der Waals surface area contributed by atoms with Gasteiger partial charge in [0.25, 0.3) is 0 Å². The van der Waals surface area contributed by atoms with Crippen LogP contribution in [0.15, 0.2) is 30.3 Å². The van der Waals surface area contributed by atoms with Gasteiger partial charge in [-0.1, -0.05) is 43.2 Å². The second-order valence-corrected chi connectivity index (χ2v) is 6.24. The molecule has 2 saturated carbocycles. The predicted octanol–water partition coefficient (Wildman–Crippen LogP) is 2.58. The van der Waals surface area contributed by atoms with Crippen molar-refractivity contribution in [3.63, 3.8) is 0 Å². The van der Waals surface area contributed by atoms with Gasteiger partial charge in [0, 0.05) is 18.0 Å². The van der Waals surface area contributed by atoms with Crippen molar-refractivity contribution in [1.29, 1.82) is 0 Å². The number of benzene rings is 1. The van der Waals surface area contributed by atoms with E-state index in [2.05, 4.69) is 34.9 Å². The molecular weight excluding hydrogens is 248 g/mol. The SMILES string of the molecule is CC(NC1CC1c1ccccc1)C(=O)NC1CCCC1. The van der Waals surface area contributed by atoms with Gasteiger partial charge in [-0.05, 0) is 31.7 Å². The molecule has 108 valence electrons. The lowest BCUT2D eigenvalue weighted by Crippen LogP contribution is -2.46. The van der Waals surface area contributed by atoms with Crippen LogP contribution in [0.25, 0.3) is 0 Å². The molecule has 0 radical (unpaired) electrons. The van der Waals surface area contributed by atoms with Crippen molar-refractivity contribution in [3.8, 4) is 0 Å². The van der Waals surface area contributed by atoms with Gasteiger partial charge in [-0.15, -0.1) is 0 Å². The molecule has 0 spiro atoms. The van der Waals surface area contributed by atoms with Crippen molar-refractivity contribution in [2.75, 3.05) is 0 Å². The van der Waals surface area contributed by atoms with Crippen molar-refractivity contribution < 1.29 is 4.79 Å². The van der Waals surface area contributed by atoms with Gasteiger partial charge in [0.05, 0.1) is 6.04 Å². The third kappa shape index (κ3) is 3.21. The van der Waals surface area contributed by atoms with E-state index >= 15 is 0 Å². The third-order valence-corrected chi connectivity index (χ3v) is 4.58. The maximum atomic E-state index is 12.1. The number of hydrogen-bond acceptors (Lipinski definition) is 2. The lowest BCUT2D eigenvalue weighted by Gasteiger charge is -2.17. The first-order valence-electron chi connectivity index (χ1n) is 7.85. The Morgan fingerprint density at radius 2 is 1.90 bits per heavy atom. The van der Waals surface area contributed by atoms with Crippen molar-refractivity contribution in [2.45, 2.75) is 63.1 Å². The summed E-state index contributed by atoms with van der Waals surface area (Å²) < 4.78 is 0. The average Bonchev–Trinajstić information content (AvgIpc) is 3.04. The Morgan fingerprint density at radius 3 is 2.60 bits per heavy atom. The van der Waals surface area contributed by atoms with Gasteiger partial charge in [-0.3, -0.25) is 4.79 Å². The van der Waals surface area contributed by atoms with Gasteiger partial charge in [0.2, 0.25) is 5.91 Å². The van der Waals surface area contributed by atoms with E-state index in [0.717, 1.165) is 19.3 Å². The van der Waals surface area contributed by atoms with Gasteiger partial charge in [0.15, 0.2) is 0 Å². The summed E-state index contributed by atoms with van der Waals surface area (Å²) in [5.74, 6) is 0.744. The molecule has 3 unspecified atom stereocenters. The summed E-state index contributed by atoms with van der Waals surface area (Å²) in [6, 6.07) is 11.4. The highest BCUT2D eigenvalue weighted by Crippen LogP contribution is 2.40. The molecular formula is C17H24N2O. The van der Waals surface area contributed by atoms with Crippen LogP contribution in [0.3, 0.4) is 0 Å². The summed E-state index contributed by atoms with van der Waals surface area (Å²) in [4.78, 5) is 12.1. The van der Waals surface area contributed by atoms with E-state index in [1.165, 1.54) is 18.4 Å². The summed E-state index contributed by atoms with van der Waals surface area (Å²) in [7, 11) is 0.